The van der Waals surface area contributed by atoms with Crippen LogP contribution in [0.1, 0.15) is 106 Å². The first-order valence-corrected chi connectivity index (χ1v) is 11.1. The Morgan fingerprint density at radius 2 is 1.54 bits per heavy atom. The summed E-state index contributed by atoms with van der Waals surface area (Å²) in [5.41, 5.74) is 4.01. The van der Waals surface area contributed by atoms with Crippen molar-refractivity contribution in [1.82, 2.24) is 0 Å². The van der Waals surface area contributed by atoms with Crippen LogP contribution < -0.4 is 5.73 Å². The van der Waals surface area contributed by atoms with Crippen LogP contribution in [0, 0.1) is 5.92 Å². The molecule has 0 radical (unpaired) electrons. The number of Topliss-reactive ketones (excluding diaryl/α,β-unsaturated/α-hetero) is 2. The summed E-state index contributed by atoms with van der Waals surface area (Å²) in [7, 11) is 0. The summed E-state index contributed by atoms with van der Waals surface area (Å²) in [6.07, 6.45) is 9.39. The Labute approximate surface area is 172 Å². The van der Waals surface area contributed by atoms with E-state index in [0.717, 1.165) is 38.5 Å². The number of rotatable bonds is 17. The summed E-state index contributed by atoms with van der Waals surface area (Å²) in [6.45, 7) is 11.3. The van der Waals surface area contributed by atoms with Crippen molar-refractivity contribution in [3.63, 3.8) is 0 Å². The monoisotopic (exact) mass is 399 g/mol. The molecule has 0 aromatic heterocycles. The van der Waals surface area contributed by atoms with Crippen LogP contribution in [-0.4, -0.2) is 40.5 Å². The average molecular weight is 400 g/mol. The first kappa shape index (κ1) is 27.2. The number of aliphatic hydroxyl groups is 1. The van der Waals surface area contributed by atoms with Crippen molar-refractivity contribution in [2.75, 3.05) is 6.61 Å². The molecule has 0 aliphatic carbocycles. The highest BCUT2D eigenvalue weighted by Gasteiger charge is 2.35. The summed E-state index contributed by atoms with van der Waals surface area (Å²) in [4.78, 5) is 24.7. The van der Waals surface area contributed by atoms with E-state index >= 15 is 0 Å². The van der Waals surface area contributed by atoms with E-state index in [4.69, 9.17) is 10.5 Å². The van der Waals surface area contributed by atoms with E-state index < -0.39 is 11.2 Å². The molecule has 0 saturated heterocycles. The molecule has 2 unspecified atom stereocenters. The van der Waals surface area contributed by atoms with Gasteiger partial charge in [-0.2, -0.15) is 0 Å². The van der Waals surface area contributed by atoms with E-state index in [0.29, 0.717) is 13.0 Å². The molecule has 3 N–H and O–H groups in total. The van der Waals surface area contributed by atoms with Crippen LogP contribution in [0.15, 0.2) is 0 Å². The van der Waals surface area contributed by atoms with E-state index in [-0.39, 0.29) is 23.5 Å². The van der Waals surface area contributed by atoms with Gasteiger partial charge in [-0.1, -0.05) is 45.4 Å². The van der Waals surface area contributed by atoms with Crippen LogP contribution >= 0.6 is 0 Å². The van der Waals surface area contributed by atoms with Gasteiger partial charge in [0, 0.05) is 25.0 Å². The average Bonchev–Trinajstić information content (AvgIpc) is 2.59. The third-order valence-corrected chi connectivity index (χ3v) is 5.38. The summed E-state index contributed by atoms with van der Waals surface area (Å²) < 4.78 is 5.90. The summed E-state index contributed by atoms with van der Waals surface area (Å²) in [5.74, 6) is -0.209. The molecule has 166 valence electrons. The number of carbonyl (C=O) groups excluding carboxylic acids is 2. The van der Waals surface area contributed by atoms with E-state index in [2.05, 4.69) is 6.92 Å². The zero-order valence-corrected chi connectivity index (χ0v) is 19.2. The van der Waals surface area contributed by atoms with Gasteiger partial charge in [-0.05, 0) is 53.9 Å². The molecular formula is C23H45NO4. The lowest BCUT2D eigenvalue weighted by Crippen LogP contribution is -2.45. The maximum atomic E-state index is 13.0. The maximum Gasteiger partial charge on any atom is 0.168 e. The molecule has 5 heteroatoms. The predicted octanol–water partition coefficient (Wildman–Crippen LogP) is 4.58. The highest BCUT2D eigenvalue weighted by Crippen LogP contribution is 2.24. The van der Waals surface area contributed by atoms with Crippen molar-refractivity contribution >= 4 is 11.6 Å². The summed E-state index contributed by atoms with van der Waals surface area (Å²) in [6, 6.07) is -0.172. The van der Waals surface area contributed by atoms with Gasteiger partial charge in [0.25, 0.3) is 0 Å². The Hall–Kier alpha value is -0.780. The fourth-order valence-electron chi connectivity index (χ4n) is 3.32. The number of ether oxygens (including phenoxy) is 1. The second kappa shape index (κ2) is 13.4. The second-order valence-electron chi connectivity index (χ2n) is 9.18. The van der Waals surface area contributed by atoms with Gasteiger partial charge in [0.15, 0.2) is 11.6 Å². The van der Waals surface area contributed by atoms with Gasteiger partial charge < -0.3 is 15.6 Å². The van der Waals surface area contributed by atoms with Crippen molar-refractivity contribution in [2.45, 2.75) is 123 Å². The van der Waals surface area contributed by atoms with Crippen molar-refractivity contribution in [3.05, 3.63) is 0 Å². The molecule has 0 fully saturated rings. The van der Waals surface area contributed by atoms with Gasteiger partial charge in [-0.15, -0.1) is 0 Å². The lowest BCUT2D eigenvalue weighted by Gasteiger charge is -2.30. The molecule has 0 spiro atoms. The third-order valence-electron chi connectivity index (χ3n) is 5.38. The Balaban J connectivity index is 4.29. The molecule has 0 heterocycles. The normalized spacial score (nSPS) is 14.7. The largest absolute Gasteiger partial charge is 0.383 e. The number of ketones is 2. The molecule has 0 aromatic carbocycles. The molecule has 0 aromatic rings. The lowest BCUT2D eigenvalue weighted by molar-refractivity contribution is -0.145. The van der Waals surface area contributed by atoms with E-state index in [1.165, 1.54) is 33.1 Å². The van der Waals surface area contributed by atoms with Gasteiger partial charge in [0.2, 0.25) is 0 Å². The smallest absolute Gasteiger partial charge is 0.168 e. The van der Waals surface area contributed by atoms with E-state index in [1.54, 1.807) is 0 Å². The topological polar surface area (TPSA) is 89.6 Å². The Kier molecular flexibility index (Phi) is 13.1. The summed E-state index contributed by atoms with van der Waals surface area (Å²) in [5, 5.41) is 9.64. The van der Waals surface area contributed by atoms with Crippen LogP contribution in [0.4, 0.5) is 0 Å². The minimum Gasteiger partial charge on any atom is -0.383 e. The molecule has 2 atom stereocenters. The lowest BCUT2D eigenvalue weighted by atomic mass is 9.83. The van der Waals surface area contributed by atoms with Gasteiger partial charge in [0.05, 0.1) is 0 Å². The molecule has 0 aliphatic rings. The minimum absolute atomic E-state index is 0.0928. The van der Waals surface area contributed by atoms with Crippen LogP contribution in [0.2, 0.25) is 0 Å². The molecule has 5 nitrogen and oxygen atoms in total. The number of hydrogen-bond acceptors (Lipinski definition) is 5. The Bertz CT molecular complexity index is 452. The van der Waals surface area contributed by atoms with Gasteiger partial charge >= 0.3 is 0 Å². The van der Waals surface area contributed by atoms with E-state index in [9.17, 15) is 14.7 Å². The van der Waals surface area contributed by atoms with Crippen LogP contribution in [-0.2, 0) is 14.3 Å². The molecule has 0 aliphatic heterocycles. The van der Waals surface area contributed by atoms with Gasteiger partial charge in [-0.3, -0.25) is 9.59 Å². The van der Waals surface area contributed by atoms with Crippen LogP contribution in [0.3, 0.4) is 0 Å². The standard InChI is InChI=1S/C23H45NO4/c1-7-8-9-10-12-15-19(18(2)24)21(26)23(5,6)28-17-14-11-13-16-20(25)22(3,4)27/h18-19,27H,7-17,24H2,1-6H3. The fourth-order valence-corrected chi connectivity index (χ4v) is 3.32. The summed E-state index contributed by atoms with van der Waals surface area (Å²) >= 11 is 0. The number of nitrogens with two attached hydrogens (primary N) is 1. The zero-order valence-electron chi connectivity index (χ0n) is 19.2. The SMILES string of the molecule is CCCCCCCC(C(=O)C(C)(C)OCCCCCC(=O)C(C)(C)O)C(C)N. The minimum atomic E-state index is -1.25. The molecular weight excluding hydrogens is 354 g/mol. The van der Waals surface area contributed by atoms with Crippen LogP contribution in [0.25, 0.3) is 0 Å². The quantitative estimate of drug-likeness (QED) is 0.350. The fraction of sp³-hybridized carbons (Fsp3) is 0.913. The molecule has 28 heavy (non-hydrogen) atoms. The van der Waals surface area contributed by atoms with Crippen LogP contribution in [0.5, 0.6) is 0 Å². The van der Waals surface area contributed by atoms with Gasteiger partial charge in [-0.25, -0.2) is 0 Å². The predicted molar refractivity (Wildman–Crippen MR) is 115 cm³/mol. The maximum absolute atomic E-state index is 13.0. The Morgan fingerprint density at radius 1 is 0.964 bits per heavy atom. The number of hydrogen-bond donors (Lipinski definition) is 2. The van der Waals surface area contributed by atoms with Crippen molar-refractivity contribution in [1.29, 1.82) is 0 Å². The van der Waals surface area contributed by atoms with Crippen molar-refractivity contribution in [2.24, 2.45) is 11.7 Å². The number of carbonyl (C=O) groups is 2. The van der Waals surface area contributed by atoms with Crippen molar-refractivity contribution in [3.8, 4) is 0 Å². The highest BCUT2D eigenvalue weighted by atomic mass is 16.5. The van der Waals surface area contributed by atoms with Crippen molar-refractivity contribution < 1.29 is 19.4 Å². The Morgan fingerprint density at radius 3 is 2.07 bits per heavy atom. The molecule has 0 saturated carbocycles. The molecule has 0 rings (SSSR count). The zero-order chi connectivity index (χ0) is 21.8. The first-order valence-electron chi connectivity index (χ1n) is 11.1. The molecule has 0 bridgehead atoms. The van der Waals surface area contributed by atoms with E-state index in [1.807, 2.05) is 20.8 Å². The third kappa shape index (κ3) is 11.3. The highest BCUT2D eigenvalue weighted by molar-refractivity contribution is 5.89. The second-order valence-corrected chi connectivity index (χ2v) is 9.18. The molecule has 0 amide bonds. The van der Waals surface area contributed by atoms with Gasteiger partial charge in [0.1, 0.15) is 11.2 Å². The number of unbranched alkanes of at least 4 members (excludes halogenated alkanes) is 6. The first-order chi connectivity index (χ1) is 12.9.